The van der Waals surface area contributed by atoms with E-state index in [1.807, 2.05) is 24.3 Å². The van der Waals surface area contributed by atoms with Crippen molar-refractivity contribution < 1.29 is 9.59 Å². The van der Waals surface area contributed by atoms with E-state index in [9.17, 15) is 9.59 Å². The Morgan fingerprint density at radius 3 is 2.25 bits per heavy atom. The third-order valence-corrected chi connectivity index (χ3v) is 3.59. The first kappa shape index (κ1) is 17.6. The maximum absolute atomic E-state index is 12.4. The van der Waals surface area contributed by atoms with E-state index >= 15 is 0 Å². The van der Waals surface area contributed by atoms with E-state index in [4.69, 9.17) is 5.73 Å². The molecular formula is C18H22N4O2. The fourth-order valence-electron chi connectivity index (χ4n) is 2.05. The van der Waals surface area contributed by atoms with E-state index in [0.29, 0.717) is 12.1 Å². The van der Waals surface area contributed by atoms with Gasteiger partial charge < -0.3 is 16.0 Å². The topological polar surface area (TPSA) is 88.3 Å². The molecule has 0 fully saturated rings. The van der Waals surface area contributed by atoms with E-state index in [1.54, 1.807) is 50.3 Å². The number of nitrogens with one attached hydrogen (secondary N) is 1. The quantitative estimate of drug-likeness (QED) is 0.875. The van der Waals surface area contributed by atoms with Crippen molar-refractivity contribution in [2.45, 2.75) is 25.9 Å². The minimum atomic E-state index is -0.906. The van der Waals surface area contributed by atoms with Crippen LogP contribution < -0.4 is 16.0 Å². The largest absolute Gasteiger partial charge is 0.350 e. The van der Waals surface area contributed by atoms with Gasteiger partial charge in [0.15, 0.2) is 0 Å². The van der Waals surface area contributed by atoms with Crippen LogP contribution in [0.25, 0.3) is 0 Å². The van der Waals surface area contributed by atoms with Gasteiger partial charge in [0.05, 0.1) is 5.54 Å². The van der Waals surface area contributed by atoms with Crippen LogP contribution in [0.15, 0.2) is 48.8 Å². The van der Waals surface area contributed by atoms with Gasteiger partial charge in [0.1, 0.15) is 0 Å². The Morgan fingerprint density at radius 2 is 1.71 bits per heavy atom. The summed E-state index contributed by atoms with van der Waals surface area (Å²) in [6.07, 6.45) is 3.18. The van der Waals surface area contributed by atoms with Crippen LogP contribution in [0, 0.1) is 0 Å². The summed E-state index contributed by atoms with van der Waals surface area (Å²) in [4.78, 5) is 29.6. The molecule has 0 spiro atoms. The van der Waals surface area contributed by atoms with Crippen LogP contribution in [0.5, 0.6) is 0 Å². The first-order valence-corrected chi connectivity index (χ1v) is 7.63. The Hall–Kier alpha value is -2.73. The van der Waals surface area contributed by atoms with Gasteiger partial charge in [-0.25, -0.2) is 0 Å². The Morgan fingerprint density at radius 1 is 1.12 bits per heavy atom. The number of nitrogens with zero attached hydrogens (tertiary/aromatic N) is 2. The van der Waals surface area contributed by atoms with Gasteiger partial charge in [0, 0.05) is 37.2 Å². The summed E-state index contributed by atoms with van der Waals surface area (Å²) in [6, 6.07) is 10.8. The number of anilines is 1. The third-order valence-electron chi connectivity index (χ3n) is 3.59. The number of hydrogen-bond acceptors (Lipinski definition) is 4. The molecule has 0 aliphatic heterocycles. The molecule has 0 saturated carbocycles. The Kier molecular flexibility index (Phi) is 5.31. The summed E-state index contributed by atoms with van der Waals surface area (Å²) >= 11 is 0. The van der Waals surface area contributed by atoms with Crippen molar-refractivity contribution in [3.8, 4) is 0 Å². The summed E-state index contributed by atoms with van der Waals surface area (Å²) in [5.41, 5.74) is 7.11. The number of carbonyl (C=O) groups is 2. The van der Waals surface area contributed by atoms with Crippen LogP contribution in [0.3, 0.4) is 0 Å². The lowest BCUT2D eigenvalue weighted by atomic mass is 10.1. The average molecular weight is 326 g/mol. The molecule has 24 heavy (non-hydrogen) atoms. The minimum Gasteiger partial charge on any atom is -0.350 e. The van der Waals surface area contributed by atoms with Crippen molar-refractivity contribution in [2.75, 3.05) is 11.9 Å². The minimum absolute atomic E-state index is 0.108. The van der Waals surface area contributed by atoms with Gasteiger partial charge in [-0.15, -0.1) is 0 Å². The molecule has 1 aromatic carbocycles. The van der Waals surface area contributed by atoms with Crippen LogP contribution >= 0.6 is 0 Å². The second kappa shape index (κ2) is 7.23. The molecule has 0 atom stereocenters. The molecule has 0 unspecified atom stereocenters. The monoisotopic (exact) mass is 326 g/mol. The maximum atomic E-state index is 12.4. The molecule has 0 aliphatic carbocycles. The van der Waals surface area contributed by atoms with Gasteiger partial charge in [0.25, 0.3) is 5.91 Å². The Bertz CT molecular complexity index is 706. The van der Waals surface area contributed by atoms with E-state index in [2.05, 4.69) is 10.3 Å². The Balaban J connectivity index is 2.01. The molecule has 0 bridgehead atoms. The fraction of sp³-hybridized carbons (Fsp3) is 0.278. The second-order valence-electron chi connectivity index (χ2n) is 6.17. The lowest BCUT2D eigenvalue weighted by Crippen LogP contribution is -2.48. The normalized spacial score (nSPS) is 11.0. The highest BCUT2D eigenvalue weighted by atomic mass is 16.2. The molecule has 6 nitrogen and oxygen atoms in total. The number of aromatic nitrogens is 1. The number of nitrogens with two attached hydrogens (primary N) is 1. The van der Waals surface area contributed by atoms with Crippen LogP contribution in [0.4, 0.5) is 5.69 Å². The smallest absolute Gasteiger partial charge is 0.258 e. The summed E-state index contributed by atoms with van der Waals surface area (Å²) in [5.74, 6) is -0.320. The number of carbonyl (C=O) groups excluding carboxylic acids is 2. The highest BCUT2D eigenvalue weighted by Crippen LogP contribution is 2.16. The molecule has 3 N–H and O–H groups in total. The maximum Gasteiger partial charge on any atom is 0.258 e. The van der Waals surface area contributed by atoms with Gasteiger partial charge in [-0.1, -0.05) is 12.1 Å². The lowest BCUT2D eigenvalue weighted by Gasteiger charge is -2.19. The van der Waals surface area contributed by atoms with E-state index in [-0.39, 0.29) is 11.8 Å². The van der Waals surface area contributed by atoms with Crippen LogP contribution in [-0.2, 0) is 11.3 Å². The molecule has 1 aromatic heterocycles. The van der Waals surface area contributed by atoms with Crippen LogP contribution in [0.2, 0.25) is 0 Å². The fourth-order valence-corrected chi connectivity index (χ4v) is 2.05. The summed E-state index contributed by atoms with van der Waals surface area (Å²) < 4.78 is 0. The number of pyridine rings is 1. The zero-order valence-corrected chi connectivity index (χ0v) is 14.1. The molecule has 0 saturated heterocycles. The highest BCUT2D eigenvalue weighted by molar-refractivity contribution is 6.05. The standard InChI is InChI=1S/C18H22N4O2/c1-18(2,19)17(24)21-12-13-4-6-15(7-5-13)22(3)16(23)14-8-10-20-11-9-14/h4-11H,12,19H2,1-3H3,(H,21,24). The van der Waals surface area contributed by atoms with Gasteiger partial charge in [0.2, 0.25) is 5.91 Å². The van der Waals surface area contributed by atoms with Crippen molar-refractivity contribution in [1.82, 2.24) is 10.3 Å². The molecule has 6 heteroatoms. The second-order valence-corrected chi connectivity index (χ2v) is 6.17. The van der Waals surface area contributed by atoms with Crippen molar-refractivity contribution in [3.05, 3.63) is 59.9 Å². The summed E-state index contributed by atoms with van der Waals surface area (Å²) in [5, 5.41) is 2.78. The molecule has 1 heterocycles. The number of benzene rings is 1. The molecule has 0 aliphatic rings. The van der Waals surface area contributed by atoms with Gasteiger partial charge >= 0.3 is 0 Å². The first-order chi connectivity index (χ1) is 11.3. The predicted octanol–water partition coefficient (Wildman–Crippen LogP) is 1.71. The van der Waals surface area contributed by atoms with Gasteiger partial charge in [-0.05, 0) is 43.7 Å². The van der Waals surface area contributed by atoms with Gasteiger partial charge in [-0.3, -0.25) is 14.6 Å². The lowest BCUT2D eigenvalue weighted by molar-refractivity contribution is -0.125. The van der Waals surface area contributed by atoms with Crippen molar-refractivity contribution in [1.29, 1.82) is 0 Å². The summed E-state index contributed by atoms with van der Waals surface area (Å²) in [6.45, 7) is 3.71. The predicted molar refractivity (Wildman–Crippen MR) is 93.5 cm³/mol. The number of hydrogen-bond donors (Lipinski definition) is 2. The van der Waals surface area contributed by atoms with Crippen molar-refractivity contribution in [2.24, 2.45) is 5.73 Å². The van der Waals surface area contributed by atoms with E-state index < -0.39 is 5.54 Å². The van der Waals surface area contributed by atoms with E-state index in [1.165, 1.54) is 0 Å². The molecule has 2 rings (SSSR count). The number of amides is 2. The first-order valence-electron chi connectivity index (χ1n) is 7.63. The molecular weight excluding hydrogens is 304 g/mol. The molecule has 2 amide bonds. The van der Waals surface area contributed by atoms with Crippen molar-refractivity contribution >= 4 is 17.5 Å². The zero-order chi connectivity index (χ0) is 17.7. The SMILES string of the molecule is CN(C(=O)c1ccncc1)c1ccc(CNC(=O)C(C)(C)N)cc1. The third kappa shape index (κ3) is 4.39. The van der Waals surface area contributed by atoms with E-state index in [0.717, 1.165) is 11.3 Å². The van der Waals surface area contributed by atoms with Crippen LogP contribution in [0.1, 0.15) is 29.8 Å². The highest BCUT2D eigenvalue weighted by Gasteiger charge is 2.21. The van der Waals surface area contributed by atoms with Crippen molar-refractivity contribution in [3.63, 3.8) is 0 Å². The van der Waals surface area contributed by atoms with Gasteiger partial charge in [-0.2, -0.15) is 0 Å². The average Bonchev–Trinajstić information content (AvgIpc) is 2.58. The Labute approximate surface area is 141 Å². The number of rotatable bonds is 5. The summed E-state index contributed by atoms with van der Waals surface area (Å²) in [7, 11) is 1.72. The van der Waals surface area contributed by atoms with Crippen LogP contribution in [-0.4, -0.2) is 29.4 Å². The zero-order valence-electron chi connectivity index (χ0n) is 14.1. The molecule has 0 radical (unpaired) electrons. The molecule has 126 valence electrons. The molecule has 2 aromatic rings.